The van der Waals surface area contributed by atoms with E-state index in [1.165, 1.54) is 0 Å². The monoisotopic (exact) mass is 321 g/mol. The molecule has 2 heteroatoms. The van der Waals surface area contributed by atoms with Crippen LogP contribution >= 0.6 is 0 Å². The second-order valence-corrected chi connectivity index (χ2v) is 6.45. The highest BCUT2D eigenvalue weighted by Gasteiger charge is 2.28. The number of Topliss-reactive ketones (excluding diaryl/α,β-unsaturated/α-hetero) is 1. The van der Waals surface area contributed by atoms with Crippen LogP contribution in [0.4, 0.5) is 5.69 Å². The van der Waals surface area contributed by atoms with Gasteiger partial charge in [-0.1, -0.05) is 72.8 Å². The van der Waals surface area contributed by atoms with Crippen LogP contribution in [0.5, 0.6) is 0 Å². The molecule has 1 aliphatic carbocycles. The first kappa shape index (κ1) is 14.1. The fourth-order valence-corrected chi connectivity index (χ4v) is 3.71. The van der Waals surface area contributed by atoms with E-state index in [1.54, 1.807) is 0 Å². The molecule has 0 N–H and O–H groups in total. The van der Waals surface area contributed by atoms with Crippen molar-refractivity contribution in [2.45, 2.75) is 6.92 Å². The Kier molecular flexibility index (Phi) is 2.89. The minimum Gasteiger partial charge on any atom is -0.287 e. The molecule has 0 saturated heterocycles. The van der Waals surface area contributed by atoms with E-state index in [1.807, 2.05) is 55.5 Å². The number of ketones is 1. The SMILES string of the molecule is Cc1ccc2ccccc2c1N=C1C(=O)c2cccc3cccc1c23. The number of rotatable bonds is 1. The zero-order chi connectivity index (χ0) is 17.0. The largest absolute Gasteiger partial charge is 0.287 e. The van der Waals surface area contributed by atoms with Crippen molar-refractivity contribution in [1.82, 2.24) is 0 Å². The molecule has 25 heavy (non-hydrogen) atoms. The summed E-state index contributed by atoms with van der Waals surface area (Å²) in [7, 11) is 0. The van der Waals surface area contributed by atoms with E-state index in [9.17, 15) is 4.79 Å². The smallest absolute Gasteiger partial charge is 0.212 e. The Bertz CT molecular complexity index is 1210. The third kappa shape index (κ3) is 1.97. The number of hydrogen-bond donors (Lipinski definition) is 0. The lowest BCUT2D eigenvalue weighted by Gasteiger charge is -2.07. The molecule has 0 fully saturated rings. The van der Waals surface area contributed by atoms with Gasteiger partial charge in [-0.2, -0.15) is 0 Å². The van der Waals surface area contributed by atoms with Crippen molar-refractivity contribution in [2.75, 3.05) is 0 Å². The van der Waals surface area contributed by atoms with Crippen molar-refractivity contribution in [3.63, 3.8) is 0 Å². The maximum atomic E-state index is 13.0. The van der Waals surface area contributed by atoms with Crippen molar-refractivity contribution in [3.05, 3.63) is 89.5 Å². The van der Waals surface area contributed by atoms with Gasteiger partial charge in [0.15, 0.2) is 0 Å². The van der Waals surface area contributed by atoms with Gasteiger partial charge in [-0.25, -0.2) is 4.99 Å². The summed E-state index contributed by atoms with van der Waals surface area (Å²) in [6.07, 6.45) is 0. The Hall–Kier alpha value is -3.26. The maximum absolute atomic E-state index is 13.0. The van der Waals surface area contributed by atoms with E-state index < -0.39 is 0 Å². The zero-order valence-electron chi connectivity index (χ0n) is 13.8. The van der Waals surface area contributed by atoms with E-state index in [0.29, 0.717) is 5.71 Å². The van der Waals surface area contributed by atoms with Gasteiger partial charge in [0.1, 0.15) is 5.71 Å². The second kappa shape index (κ2) is 5.12. The quantitative estimate of drug-likeness (QED) is 0.447. The normalized spacial score (nSPS) is 14.8. The molecule has 0 unspecified atom stereocenters. The number of carbonyl (C=O) groups is 1. The predicted octanol–water partition coefficient (Wildman–Crippen LogP) is 5.62. The van der Waals surface area contributed by atoms with Gasteiger partial charge in [-0.05, 0) is 23.3 Å². The molecule has 4 aromatic rings. The first-order valence-corrected chi connectivity index (χ1v) is 8.38. The van der Waals surface area contributed by atoms with E-state index in [-0.39, 0.29) is 5.78 Å². The summed E-state index contributed by atoms with van der Waals surface area (Å²) in [6.45, 7) is 2.04. The van der Waals surface area contributed by atoms with Gasteiger partial charge in [0.2, 0.25) is 5.78 Å². The van der Waals surface area contributed by atoms with Crippen LogP contribution in [0.25, 0.3) is 21.5 Å². The highest BCUT2D eigenvalue weighted by atomic mass is 16.1. The third-order valence-corrected chi connectivity index (χ3v) is 4.95. The van der Waals surface area contributed by atoms with Gasteiger partial charge in [-0.3, -0.25) is 4.79 Å². The minimum absolute atomic E-state index is 0.0131. The summed E-state index contributed by atoms with van der Waals surface area (Å²) in [6, 6.07) is 24.2. The standard InChI is InChI=1S/C23H15NO/c1-14-12-13-15-6-2-3-9-17(15)21(14)24-22-18-10-4-7-16-8-5-11-19(20(16)18)23(22)25/h2-13H,1H3. The Balaban J connectivity index is 1.83. The van der Waals surface area contributed by atoms with E-state index in [4.69, 9.17) is 4.99 Å². The lowest BCUT2D eigenvalue weighted by molar-refractivity contribution is 0.107. The molecule has 0 aliphatic heterocycles. The fraction of sp³-hybridized carbons (Fsp3) is 0.0435. The Labute approximate surface area is 145 Å². The van der Waals surface area contributed by atoms with Gasteiger partial charge in [0.25, 0.3) is 0 Å². The average Bonchev–Trinajstić information content (AvgIpc) is 2.92. The zero-order valence-corrected chi connectivity index (χ0v) is 13.8. The number of aryl methyl sites for hydroxylation is 1. The highest BCUT2D eigenvalue weighted by Crippen LogP contribution is 2.35. The molecule has 5 rings (SSSR count). The molecule has 0 bridgehead atoms. The summed E-state index contributed by atoms with van der Waals surface area (Å²) in [5.74, 6) is 0.0131. The Morgan fingerprint density at radius 3 is 2.28 bits per heavy atom. The van der Waals surface area contributed by atoms with Gasteiger partial charge < -0.3 is 0 Å². The predicted molar refractivity (Wildman–Crippen MR) is 103 cm³/mol. The molecule has 0 radical (unpaired) electrons. The van der Waals surface area contributed by atoms with Crippen LogP contribution in [-0.2, 0) is 0 Å². The van der Waals surface area contributed by atoms with Crippen LogP contribution in [0.15, 0.2) is 77.8 Å². The van der Waals surface area contributed by atoms with Crippen molar-refractivity contribution in [2.24, 2.45) is 4.99 Å². The average molecular weight is 321 g/mol. The molecule has 0 saturated carbocycles. The van der Waals surface area contributed by atoms with Crippen LogP contribution in [-0.4, -0.2) is 11.5 Å². The molecule has 0 amide bonds. The number of fused-ring (bicyclic) bond motifs is 1. The van der Waals surface area contributed by atoms with E-state index in [0.717, 1.165) is 43.9 Å². The first-order valence-electron chi connectivity index (χ1n) is 8.38. The minimum atomic E-state index is 0.0131. The molecule has 4 aromatic carbocycles. The van der Waals surface area contributed by atoms with Crippen LogP contribution < -0.4 is 0 Å². The van der Waals surface area contributed by atoms with Gasteiger partial charge in [0, 0.05) is 21.9 Å². The number of carbonyl (C=O) groups excluding carboxylic acids is 1. The molecule has 118 valence electrons. The van der Waals surface area contributed by atoms with Crippen LogP contribution in [0, 0.1) is 6.92 Å². The number of benzene rings is 4. The maximum Gasteiger partial charge on any atom is 0.212 e. The molecule has 1 aliphatic rings. The molecule has 0 atom stereocenters. The van der Waals surface area contributed by atoms with Gasteiger partial charge >= 0.3 is 0 Å². The van der Waals surface area contributed by atoms with Crippen molar-refractivity contribution < 1.29 is 4.79 Å². The lowest BCUT2D eigenvalue weighted by atomic mass is 10.0. The molecule has 2 nitrogen and oxygen atoms in total. The summed E-state index contributed by atoms with van der Waals surface area (Å²) in [4.78, 5) is 17.9. The number of aliphatic imine (C=N–C) groups is 1. The lowest BCUT2D eigenvalue weighted by Crippen LogP contribution is -2.08. The van der Waals surface area contributed by atoms with Crippen LogP contribution in [0.1, 0.15) is 21.5 Å². The van der Waals surface area contributed by atoms with Crippen LogP contribution in [0.2, 0.25) is 0 Å². The van der Waals surface area contributed by atoms with E-state index in [2.05, 4.69) is 24.3 Å². The van der Waals surface area contributed by atoms with E-state index >= 15 is 0 Å². The molecule has 0 heterocycles. The summed E-state index contributed by atoms with van der Waals surface area (Å²) < 4.78 is 0. The molecule has 0 aromatic heterocycles. The highest BCUT2D eigenvalue weighted by molar-refractivity contribution is 6.59. The Morgan fingerprint density at radius 2 is 1.44 bits per heavy atom. The first-order chi connectivity index (χ1) is 12.2. The molecular weight excluding hydrogens is 306 g/mol. The third-order valence-electron chi connectivity index (χ3n) is 4.95. The summed E-state index contributed by atoms with van der Waals surface area (Å²) in [5, 5.41) is 4.31. The van der Waals surface area contributed by atoms with Crippen LogP contribution in [0.3, 0.4) is 0 Å². The van der Waals surface area contributed by atoms with Crippen molar-refractivity contribution in [3.8, 4) is 0 Å². The molecule has 0 spiro atoms. The number of nitrogens with zero attached hydrogens (tertiary/aromatic N) is 1. The Morgan fingerprint density at radius 1 is 0.720 bits per heavy atom. The van der Waals surface area contributed by atoms with Crippen molar-refractivity contribution in [1.29, 1.82) is 0 Å². The topological polar surface area (TPSA) is 29.4 Å². The van der Waals surface area contributed by atoms with Gasteiger partial charge in [-0.15, -0.1) is 0 Å². The summed E-state index contributed by atoms with van der Waals surface area (Å²) >= 11 is 0. The van der Waals surface area contributed by atoms with Crippen molar-refractivity contribution >= 4 is 38.7 Å². The second-order valence-electron chi connectivity index (χ2n) is 6.45. The van der Waals surface area contributed by atoms with Gasteiger partial charge in [0.05, 0.1) is 5.69 Å². The molecular formula is C23H15NO. The summed E-state index contributed by atoms with van der Waals surface area (Å²) in [5.41, 5.74) is 4.19. The number of hydrogen-bond acceptors (Lipinski definition) is 2. The fourth-order valence-electron chi connectivity index (χ4n) is 3.71.